The molecule has 1 unspecified atom stereocenters. The molecule has 0 aromatic heterocycles. The zero-order chi connectivity index (χ0) is 15.7. The van der Waals surface area contributed by atoms with Gasteiger partial charge in [-0.05, 0) is 57.2 Å². The Bertz CT molecular complexity index is 289. The van der Waals surface area contributed by atoms with Crippen molar-refractivity contribution in [2.24, 2.45) is 11.8 Å². The van der Waals surface area contributed by atoms with Crippen LogP contribution in [0.15, 0.2) is 0 Å². The minimum absolute atomic E-state index is 0.0430. The third kappa shape index (κ3) is 7.14. The largest absolute Gasteiger partial charge is 0.396 e. The lowest BCUT2D eigenvalue weighted by molar-refractivity contribution is 0.180. The molecule has 0 radical (unpaired) electrons. The Hall–Kier alpha value is -0.810. The van der Waals surface area contributed by atoms with Gasteiger partial charge < -0.3 is 20.6 Å². The Labute approximate surface area is 129 Å². The van der Waals surface area contributed by atoms with E-state index in [1.165, 1.54) is 25.8 Å². The third-order valence-corrected chi connectivity index (χ3v) is 4.36. The summed E-state index contributed by atoms with van der Waals surface area (Å²) in [6.07, 6.45) is 4.17. The van der Waals surface area contributed by atoms with E-state index in [1.54, 1.807) is 0 Å². The summed E-state index contributed by atoms with van der Waals surface area (Å²) in [6, 6.07) is -0.0560. The summed E-state index contributed by atoms with van der Waals surface area (Å²) in [6.45, 7) is 10.7. The molecule has 1 atom stereocenters. The molecule has 1 rings (SSSR count). The zero-order valence-corrected chi connectivity index (χ0v) is 13.9. The summed E-state index contributed by atoms with van der Waals surface area (Å²) in [4.78, 5) is 14.4. The molecule has 1 aliphatic heterocycles. The lowest BCUT2D eigenvalue weighted by Crippen LogP contribution is -2.47. The van der Waals surface area contributed by atoms with Crippen LogP contribution in [0.3, 0.4) is 0 Å². The van der Waals surface area contributed by atoms with E-state index in [1.807, 2.05) is 0 Å². The molecular formula is C16H33N3O2. The summed E-state index contributed by atoms with van der Waals surface area (Å²) < 4.78 is 0. The lowest BCUT2D eigenvalue weighted by Gasteiger charge is -2.32. The predicted octanol–water partition coefficient (Wildman–Crippen LogP) is 1.81. The Kier molecular flexibility index (Phi) is 8.69. The van der Waals surface area contributed by atoms with Gasteiger partial charge in [0.1, 0.15) is 0 Å². The highest BCUT2D eigenvalue weighted by molar-refractivity contribution is 5.74. The fourth-order valence-corrected chi connectivity index (χ4v) is 2.90. The van der Waals surface area contributed by atoms with Crippen LogP contribution in [0.1, 0.15) is 46.5 Å². The van der Waals surface area contributed by atoms with E-state index in [9.17, 15) is 4.79 Å². The van der Waals surface area contributed by atoms with E-state index in [0.29, 0.717) is 18.3 Å². The summed E-state index contributed by atoms with van der Waals surface area (Å²) in [5, 5.41) is 15.0. The number of hydrogen-bond acceptors (Lipinski definition) is 3. The predicted molar refractivity (Wildman–Crippen MR) is 86.3 cm³/mol. The average molecular weight is 299 g/mol. The van der Waals surface area contributed by atoms with Crippen molar-refractivity contribution < 1.29 is 9.90 Å². The number of rotatable bonds is 8. The fraction of sp³-hybridized carbons (Fsp3) is 0.938. The molecule has 0 aliphatic carbocycles. The van der Waals surface area contributed by atoms with Crippen molar-refractivity contribution in [3.05, 3.63) is 0 Å². The number of hydrogen-bond donors (Lipinski definition) is 3. The summed E-state index contributed by atoms with van der Waals surface area (Å²) in [5.74, 6) is 0.930. The van der Waals surface area contributed by atoms with Crippen LogP contribution in [0.4, 0.5) is 4.79 Å². The highest BCUT2D eigenvalue weighted by Gasteiger charge is 2.20. The van der Waals surface area contributed by atoms with Crippen molar-refractivity contribution in [2.75, 3.05) is 32.8 Å². The molecule has 0 bridgehead atoms. The van der Waals surface area contributed by atoms with Crippen molar-refractivity contribution in [3.8, 4) is 0 Å². The Morgan fingerprint density at radius 3 is 2.52 bits per heavy atom. The fourth-order valence-electron chi connectivity index (χ4n) is 2.90. The molecule has 1 fully saturated rings. The number of urea groups is 1. The second-order valence-electron chi connectivity index (χ2n) is 6.50. The van der Waals surface area contributed by atoms with E-state index < -0.39 is 0 Å². The minimum Gasteiger partial charge on any atom is -0.396 e. The van der Waals surface area contributed by atoms with Crippen molar-refractivity contribution in [1.82, 2.24) is 15.5 Å². The van der Waals surface area contributed by atoms with Gasteiger partial charge in [-0.15, -0.1) is 0 Å². The van der Waals surface area contributed by atoms with Crippen LogP contribution in [0.25, 0.3) is 0 Å². The van der Waals surface area contributed by atoms with Gasteiger partial charge in [0.25, 0.3) is 0 Å². The number of likely N-dealkylation sites (tertiary alicyclic amines) is 1. The Morgan fingerprint density at radius 2 is 2.00 bits per heavy atom. The van der Waals surface area contributed by atoms with Crippen LogP contribution >= 0.6 is 0 Å². The molecule has 21 heavy (non-hydrogen) atoms. The topological polar surface area (TPSA) is 64.6 Å². The summed E-state index contributed by atoms with van der Waals surface area (Å²) in [7, 11) is 0. The average Bonchev–Trinajstić information content (AvgIpc) is 2.46. The number of nitrogens with zero attached hydrogens (tertiary/aromatic N) is 1. The van der Waals surface area contributed by atoms with Crippen LogP contribution < -0.4 is 10.6 Å². The maximum absolute atomic E-state index is 11.9. The molecule has 0 saturated carbocycles. The van der Waals surface area contributed by atoms with Gasteiger partial charge in [0.05, 0.1) is 0 Å². The van der Waals surface area contributed by atoms with Crippen molar-refractivity contribution in [2.45, 2.75) is 52.5 Å². The van der Waals surface area contributed by atoms with Gasteiger partial charge in [-0.3, -0.25) is 0 Å². The number of carbonyl (C=O) groups is 1. The Morgan fingerprint density at radius 1 is 1.33 bits per heavy atom. The minimum atomic E-state index is -0.0989. The monoisotopic (exact) mass is 299 g/mol. The van der Waals surface area contributed by atoms with Gasteiger partial charge in [0.2, 0.25) is 0 Å². The normalized spacial score (nSPS) is 18.7. The molecule has 0 spiro atoms. The molecule has 0 aromatic carbocycles. The number of aliphatic hydroxyl groups is 1. The van der Waals surface area contributed by atoms with Gasteiger partial charge in [0.15, 0.2) is 0 Å². The van der Waals surface area contributed by atoms with Crippen molar-refractivity contribution in [3.63, 3.8) is 0 Å². The lowest BCUT2D eigenvalue weighted by atomic mass is 9.96. The molecule has 5 nitrogen and oxygen atoms in total. The molecule has 5 heteroatoms. The van der Waals surface area contributed by atoms with Crippen LogP contribution in [-0.2, 0) is 0 Å². The van der Waals surface area contributed by atoms with E-state index in [4.69, 9.17) is 5.11 Å². The molecule has 1 saturated heterocycles. The Balaban J connectivity index is 2.21. The first-order chi connectivity index (χ1) is 10.1. The van der Waals surface area contributed by atoms with E-state index >= 15 is 0 Å². The van der Waals surface area contributed by atoms with E-state index in [0.717, 1.165) is 19.6 Å². The molecular weight excluding hydrogens is 266 g/mol. The number of nitrogens with one attached hydrogen (secondary N) is 2. The second-order valence-corrected chi connectivity index (χ2v) is 6.50. The van der Waals surface area contributed by atoms with Crippen molar-refractivity contribution in [1.29, 1.82) is 0 Å². The van der Waals surface area contributed by atoms with Crippen LogP contribution in [0.5, 0.6) is 0 Å². The zero-order valence-electron chi connectivity index (χ0n) is 13.9. The number of aliphatic hydroxyl groups excluding tert-OH is 1. The van der Waals surface area contributed by atoms with E-state index in [2.05, 4.69) is 36.3 Å². The number of piperidine rings is 1. The first-order valence-corrected chi connectivity index (χ1v) is 8.44. The highest BCUT2D eigenvalue weighted by Crippen LogP contribution is 2.16. The van der Waals surface area contributed by atoms with Crippen molar-refractivity contribution >= 4 is 6.03 Å². The molecule has 124 valence electrons. The first-order valence-electron chi connectivity index (χ1n) is 8.44. The molecule has 3 N–H and O–H groups in total. The van der Waals surface area contributed by atoms with Gasteiger partial charge in [-0.25, -0.2) is 4.79 Å². The summed E-state index contributed by atoms with van der Waals surface area (Å²) in [5.41, 5.74) is 0. The summed E-state index contributed by atoms with van der Waals surface area (Å²) >= 11 is 0. The number of amides is 2. The third-order valence-electron chi connectivity index (χ3n) is 4.36. The van der Waals surface area contributed by atoms with E-state index in [-0.39, 0.29) is 18.7 Å². The maximum Gasteiger partial charge on any atom is 0.315 e. The molecule has 0 aromatic rings. The quantitative estimate of drug-likeness (QED) is 0.640. The smallest absolute Gasteiger partial charge is 0.315 e. The van der Waals surface area contributed by atoms with Gasteiger partial charge in [-0.2, -0.15) is 0 Å². The van der Waals surface area contributed by atoms with Crippen LogP contribution in [-0.4, -0.2) is 54.9 Å². The van der Waals surface area contributed by atoms with Gasteiger partial charge >= 0.3 is 6.03 Å². The molecule has 1 aliphatic rings. The standard InChI is InChI=1S/C16H33N3O2/c1-4-8-19-9-5-14(6-10-19)12-17-16(21)18-15(7-11-20)13(2)3/h13-15,20H,4-12H2,1-3H3,(H2,17,18,21). The van der Waals surface area contributed by atoms with Gasteiger partial charge in [0, 0.05) is 19.2 Å². The number of carbonyl (C=O) groups excluding carboxylic acids is 1. The SMILES string of the molecule is CCCN1CCC(CNC(=O)NC(CCO)C(C)C)CC1. The van der Waals surface area contributed by atoms with Gasteiger partial charge in [-0.1, -0.05) is 20.8 Å². The maximum atomic E-state index is 11.9. The highest BCUT2D eigenvalue weighted by atomic mass is 16.3. The molecule has 2 amide bonds. The second kappa shape index (κ2) is 10.0. The van der Waals surface area contributed by atoms with Crippen LogP contribution in [0.2, 0.25) is 0 Å². The molecule has 1 heterocycles. The first kappa shape index (κ1) is 18.2. The van der Waals surface area contributed by atoms with Crippen LogP contribution in [0, 0.1) is 11.8 Å².